The Morgan fingerprint density at radius 3 is 2.06 bits per heavy atom. The summed E-state index contributed by atoms with van der Waals surface area (Å²) in [6.45, 7) is 15.6. The Kier molecular flexibility index (Phi) is 24.5. The minimum Gasteiger partial charge on any atom is -0.493 e. The number of benzene rings is 3. The van der Waals surface area contributed by atoms with Gasteiger partial charge in [-0.1, -0.05) is 82.3 Å². The Bertz CT molecular complexity index is 3020. The maximum absolute atomic E-state index is 15.3. The minimum absolute atomic E-state index is 0.102. The molecule has 2 unspecified atom stereocenters. The Balaban J connectivity index is 1.39. The van der Waals surface area contributed by atoms with Crippen LogP contribution in [0.25, 0.3) is 0 Å². The number of rotatable bonds is 10. The Morgan fingerprint density at radius 1 is 0.708 bits per heavy atom. The van der Waals surface area contributed by atoms with Crippen molar-refractivity contribution in [3.8, 4) is 17.2 Å². The molecule has 3 heterocycles. The molecule has 3 aliphatic heterocycles. The van der Waals surface area contributed by atoms with Gasteiger partial charge in [0.1, 0.15) is 48.7 Å². The normalized spacial score (nSPS) is 23.6. The first-order valence-corrected chi connectivity index (χ1v) is 30.8. The number of amides is 6. The van der Waals surface area contributed by atoms with E-state index in [1.165, 1.54) is 78.8 Å². The van der Waals surface area contributed by atoms with Gasteiger partial charge in [-0.25, -0.2) is 9.59 Å². The number of esters is 2. The second kappa shape index (κ2) is 31.1. The van der Waals surface area contributed by atoms with Gasteiger partial charge in [-0.2, -0.15) is 0 Å². The lowest BCUT2D eigenvalue weighted by atomic mass is 9.81. The highest BCUT2D eigenvalue weighted by Gasteiger charge is 2.45. The van der Waals surface area contributed by atoms with E-state index in [-0.39, 0.29) is 62.6 Å². The fraction of sp³-hybridized carbons (Fsp3) is 0.574. The van der Waals surface area contributed by atoms with Gasteiger partial charge >= 0.3 is 11.9 Å². The summed E-state index contributed by atoms with van der Waals surface area (Å²) < 4.78 is 35.4. The van der Waals surface area contributed by atoms with Crippen LogP contribution in [0.3, 0.4) is 0 Å². The first-order chi connectivity index (χ1) is 41.9. The minimum atomic E-state index is -1.50. The molecule has 6 amide bonds. The van der Waals surface area contributed by atoms with Gasteiger partial charge < -0.3 is 58.2 Å². The topological polar surface area (TPSA) is 237 Å². The number of fused-ring (bicyclic) bond motifs is 4. The van der Waals surface area contributed by atoms with E-state index >= 15 is 14.4 Å². The van der Waals surface area contributed by atoms with Crippen molar-refractivity contribution in [2.24, 2.45) is 16.7 Å². The van der Waals surface area contributed by atoms with Gasteiger partial charge in [-0.3, -0.25) is 33.6 Å². The van der Waals surface area contributed by atoms with Crippen LogP contribution in [0.1, 0.15) is 143 Å². The third-order valence-electron chi connectivity index (χ3n) is 16.5. The summed E-state index contributed by atoms with van der Waals surface area (Å²) in [6, 6.07) is 15.1. The zero-order chi connectivity index (χ0) is 65.5. The fourth-order valence-electron chi connectivity index (χ4n) is 11.6. The largest absolute Gasteiger partial charge is 0.493 e. The molecule has 2 bridgehead atoms. The zero-order valence-electron chi connectivity index (χ0n) is 54.6. The molecule has 0 spiro atoms. The number of aryl methyl sites for hydroxylation is 1. The number of likely N-dealkylation sites (N-methyl/N-ethyl adjacent to an activating group) is 3. The van der Waals surface area contributed by atoms with Crippen LogP contribution in [0.2, 0.25) is 0 Å². The number of ether oxygens (including phenoxy) is 6. The van der Waals surface area contributed by atoms with Gasteiger partial charge in [-0.15, -0.1) is 0 Å². The number of cyclic esters (lactones) is 2. The van der Waals surface area contributed by atoms with Crippen LogP contribution in [0.5, 0.6) is 17.2 Å². The monoisotopic (exact) mass is 1230 g/mol. The summed E-state index contributed by atoms with van der Waals surface area (Å²) in [5.41, 5.74) is -0.807. The van der Waals surface area contributed by atoms with Crippen LogP contribution < -0.4 is 19.5 Å². The lowest BCUT2D eigenvalue weighted by molar-refractivity contribution is -0.165. The molecule has 6 rings (SSSR count). The lowest BCUT2D eigenvalue weighted by Gasteiger charge is -2.38. The number of Topliss-reactive ketones (excluding diaryl/α,β-unsaturated/α-hetero) is 1. The predicted octanol–water partition coefficient (Wildman–Crippen LogP) is 7.63. The summed E-state index contributed by atoms with van der Waals surface area (Å²) in [5.74, 6) is -5.21. The van der Waals surface area contributed by atoms with Gasteiger partial charge in [-0.05, 0) is 145 Å². The third kappa shape index (κ3) is 19.1. The zero-order valence-corrected chi connectivity index (χ0v) is 54.6. The van der Waals surface area contributed by atoms with Crippen molar-refractivity contribution in [1.82, 2.24) is 29.8 Å². The highest BCUT2D eigenvalue weighted by Crippen LogP contribution is 2.34. The maximum atomic E-state index is 15.3. The average molecular weight is 1240 g/mol. The molecular formula is C68H94N6O15. The number of piperidine rings is 1. The summed E-state index contributed by atoms with van der Waals surface area (Å²) in [4.78, 5) is 137. The summed E-state index contributed by atoms with van der Waals surface area (Å²) >= 11 is 0. The number of nitrogens with one attached hydrogen (secondary N) is 1. The molecule has 21 nitrogen and oxygen atoms in total. The molecule has 21 heteroatoms. The number of methoxy groups -OCH3 is 2. The Labute approximate surface area is 525 Å². The molecule has 2 fully saturated rings. The molecule has 2 saturated heterocycles. The van der Waals surface area contributed by atoms with Crippen LogP contribution in [0.15, 0.2) is 84.9 Å². The smallest absolute Gasteiger partial charge is 0.330 e. The van der Waals surface area contributed by atoms with E-state index in [1.54, 1.807) is 67.7 Å². The quantitative estimate of drug-likeness (QED) is 0.152. The van der Waals surface area contributed by atoms with E-state index < -0.39 is 114 Å². The number of nitrogens with zero attached hydrogens (tertiary/aromatic N) is 5. The third-order valence-corrected chi connectivity index (χ3v) is 16.5. The SMILES string of the molecule is COc1ccc(CC[C@H]2OC(=O)[C@@H]3CCCCN3C(=O)C(=O)C(C)(C)COC(=O)C=CCCN(C)C(=O)[C@@H]3CCCN3C(=O)[C@H](COC(C)(C)C)N(C)C(=O)C(c3ccccc3)NC(=O)[C@H](C(C)CC(C)(C)C)N(C)C(=O)COc3cccc2c3)cc1OC. The summed E-state index contributed by atoms with van der Waals surface area (Å²) in [7, 11) is 7.64. The molecule has 0 aliphatic carbocycles. The van der Waals surface area contributed by atoms with E-state index in [4.69, 9.17) is 28.4 Å². The van der Waals surface area contributed by atoms with Crippen molar-refractivity contribution in [1.29, 1.82) is 0 Å². The average Bonchev–Trinajstić information content (AvgIpc) is 1.90. The van der Waals surface area contributed by atoms with Crippen molar-refractivity contribution >= 4 is 53.2 Å². The summed E-state index contributed by atoms with van der Waals surface area (Å²) in [6.07, 6.45) is 5.25. The molecule has 3 aromatic carbocycles. The molecular weight excluding hydrogens is 1140 g/mol. The maximum Gasteiger partial charge on any atom is 0.330 e. The van der Waals surface area contributed by atoms with Crippen LogP contribution >= 0.6 is 0 Å². The molecule has 0 aromatic heterocycles. The van der Waals surface area contributed by atoms with Crippen molar-refractivity contribution < 1.29 is 71.6 Å². The molecule has 7 atom stereocenters. The van der Waals surface area contributed by atoms with Crippen molar-refractivity contribution in [3.05, 3.63) is 102 Å². The molecule has 89 heavy (non-hydrogen) atoms. The molecule has 486 valence electrons. The van der Waals surface area contributed by atoms with Crippen molar-refractivity contribution in [2.75, 3.05) is 74.8 Å². The number of hydrogen-bond acceptors (Lipinski definition) is 15. The van der Waals surface area contributed by atoms with Crippen LogP contribution in [0.4, 0.5) is 0 Å². The highest BCUT2D eigenvalue weighted by atomic mass is 16.5. The Hall–Kier alpha value is -7.81. The number of carbonyl (C=O) groups excluding carboxylic acids is 9. The van der Waals surface area contributed by atoms with Crippen molar-refractivity contribution in [3.63, 3.8) is 0 Å². The standard InChI is InChI=1S/C68H94N6O15/c1-44(40-66(2,3)4)58-60(78)69-57(46-24-16-15-17-25-46)63(81)71(11)51(41-88-67(5,6)7)62(80)73-37-23-29-49(73)61(79)70(10)35-20-19-30-56(76)87-43-68(8,9)59(77)64(82)74-36-21-18-28-50(74)65(83)89-52(33-31-45-32-34-53(84-13)54(38-45)85-14)47-26-22-27-48(39-47)86-42-55(75)72(58)12/h15-17,19,22,24-27,30,32,34,38-39,44,49-52,57-58H,18,20-21,23,28-29,31,33,35-37,40-43H2,1-14H3,(H,69,78)/t44?,49-,50-,51-,52+,57?,58-/m0/s1. The van der Waals surface area contributed by atoms with Gasteiger partial charge in [0.2, 0.25) is 29.4 Å². The van der Waals surface area contributed by atoms with E-state index in [2.05, 4.69) is 5.32 Å². The Morgan fingerprint density at radius 2 is 1.38 bits per heavy atom. The highest BCUT2D eigenvalue weighted by molar-refractivity contribution is 6.38. The second-order valence-corrected chi connectivity index (χ2v) is 26.4. The van der Waals surface area contributed by atoms with Gasteiger partial charge in [0.05, 0.1) is 31.8 Å². The molecule has 3 aliphatic rings. The van der Waals surface area contributed by atoms with E-state index in [0.29, 0.717) is 61.2 Å². The molecule has 3 aromatic rings. The molecule has 0 saturated carbocycles. The van der Waals surface area contributed by atoms with Crippen molar-refractivity contribution in [2.45, 2.75) is 162 Å². The van der Waals surface area contributed by atoms with E-state index in [9.17, 15) is 28.8 Å². The number of carbonyl (C=O) groups is 9. The van der Waals surface area contributed by atoms with Crippen LogP contribution in [0, 0.1) is 16.7 Å². The molecule has 0 radical (unpaired) electrons. The first-order valence-electron chi connectivity index (χ1n) is 30.8. The van der Waals surface area contributed by atoms with E-state index in [1.807, 2.05) is 60.6 Å². The van der Waals surface area contributed by atoms with E-state index in [0.717, 1.165) is 5.56 Å². The molecule has 1 N–H and O–H groups in total. The van der Waals surface area contributed by atoms with Gasteiger partial charge in [0.15, 0.2) is 18.1 Å². The fourth-order valence-corrected chi connectivity index (χ4v) is 11.6. The summed E-state index contributed by atoms with van der Waals surface area (Å²) in [5, 5.41) is 3.00. The number of ketones is 1. The van der Waals surface area contributed by atoms with Crippen LogP contribution in [-0.4, -0.2) is 182 Å². The van der Waals surface area contributed by atoms with Gasteiger partial charge in [0.25, 0.3) is 11.8 Å². The first kappa shape index (κ1) is 70.3. The predicted molar refractivity (Wildman–Crippen MR) is 333 cm³/mol. The second-order valence-electron chi connectivity index (χ2n) is 26.4. The number of hydrogen-bond donors (Lipinski definition) is 1. The van der Waals surface area contributed by atoms with Crippen LogP contribution in [-0.2, 0) is 63.8 Å². The van der Waals surface area contributed by atoms with Gasteiger partial charge in [0, 0.05) is 46.9 Å². The lowest BCUT2D eigenvalue weighted by Crippen LogP contribution is -2.58.